The average molecular weight is 126 g/mol. The Morgan fingerprint density at radius 2 is 2.14 bits per heavy atom. The minimum atomic E-state index is -0.891. The first-order valence-corrected chi connectivity index (χ1v) is 1.63. The molecule has 0 unspecified atom stereocenters. The first-order chi connectivity index (χ1) is 2.77. The molecule has 0 atom stereocenters. The molecule has 1 N–H and O–H groups in total. The van der Waals surface area contributed by atoms with Crippen molar-refractivity contribution < 1.29 is 9.90 Å². The van der Waals surface area contributed by atoms with Crippen LogP contribution < -0.4 is 0 Å². The van der Waals surface area contributed by atoms with Crippen molar-refractivity contribution in [1.82, 2.24) is 0 Å². The van der Waals surface area contributed by atoms with Gasteiger partial charge in [-0.3, -0.25) is 0 Å². The van der Waals surface area contributed by atoms with Gasteiger partial charge >= 0.3 is 57.4 Å². The van der Waals surface area contributed by atoms with Crippen LogP contribution in [0, 0.1) is 0 Å². The van der Waals surface area contributed by atoms with Gasteiger partial charge in [0.05, 0.1) is 0 Å². The fraction of sp³-hybridized carbons (Fsp3) is 0.250. The van der Waals surface area contributed by atoms with Gasteiger partial charge in [0, 0.05) is 6.08 Å². The maximum atomic E-state index is 9.51. The first kappa shape index (κ1) is 10.8. The summed E-state index contributed by atoms with van der Waals surface area (Å²) in [4.78, 5) is 9.51. The molecule has 0 fully saturated rings. The number of hydrogen-bond acceptors (Lipinski definition) is 1. The molecule has 3 heteroatoms. The van der Waals surface area contributed by atoms with E-state index in [4.69, 9.17) is 5.11 Å². The standard InChI is InChI=1S/C4H6O2.K.H/c1-2-3-4(5)6;;/h2-3H,1H3,(H,5,6);;/b3-2+;;. The first-order valence-electron chi connectivity index (χ1n) is 1.63. The Hall–Kier alpha value is 0.846. The molecule has 0 spiro atoms. The Morgan fingerprint density at radius 3 is 2.14 bits per heavy atom. The van der Waals surface area contributed by atoms with Crippen molar-refractivity contribution in [2.24, 2.45) is 0 Å². The zero-order chi connectivity index (χ0) is 4.99. The third-order valence-corrected chi connectivity index (χ3v) is 0.309. The Bertz CT molecular complexity index is 77.8. The van der Waals surface area contributed by atoms with E-state index in [1.165, 1.54) is 6.08 Å². The van der Waals surface area contributed by atoms with Crippen molar-refractivity contribution in [3.63, 3.8) is 0 Å². The van der Waals surface area contributed by atoms with Crippen molar-refractivity contribution in [3.05, 3.63) is 12.2 Å². The van der Waals surface area contributed by atoms with Crippen LogP contribution in [0.3, 0.4) is 0 Å². The number of rotatable bonds is 1. The van der Waals surface area contributed by atoms with Crippen LogP contribution in [0.2, 0.25) is 0 Å². The van der Waals surface area contributed by atoms with Crippen LogP contribution >= 0.6 is 0 Å². The van der Waals surface area contributed by atoms with Gasteiger partial charge in [-0.05, 0) is 6.92 Å². The molecule has 0 bridgehead atoms. The van der Waals surface area contributed by atoms with Gasteiger partial charge in [0.1, 0.15) is 0 Å². The second-order valence-corrected chi connectivity index (χ2v) is 0.838. The third kappa shape index (κ3) is 10.9. The van der Waals surface area contributed by atoms with Crippen LogP contribution in [0.15, 0.2) is 12.2 Å². The summed E-state index contributed by atoms with van der Waals surface area (Å²) in [5.41, 5.74) is 0. The number of carboxylic acid groups (broad SMARTS) is 1. The zero-order valence-electron chi connectivity index (χ0n) is 3.51. The van der Waals surface area contributed by atoms with Crippen molar-refractivity contribution in [1.29, 1.82) is 0 Å². The molecule has 0 saturated carbocycles. The maximum absolute atomic E-state index is 9.51. The number of aliphatic carboxylic acids is 1. The van der Waals surface area contributed by atoms with Crippen molar-refractivity contribution >= 4 is 57.4 Å². The van der Waals surface area contributed by atoms with Gasteiger partial charge in [-0.1, -0.05) is 6.08 Å². The van der Waals surface area contributed by atoms with Crippen LogP contribution in [0.1, 0.15) is 6.92 Å². The summed E-state index contributed by atoms with van der Waals surface area (Å²) >= 11 is 0. The molecule has 0 aliphatic carbocycles. The average Bonchev–Trinajstić information content (AvgIpc) is 1.35. The molecule has 2 nitrogen and oxygen atoms in total. The van der Waals surface area contributed by atoms with E-state index in [0.717, 1.165) is 6.08 Å². The summed E-state index contributed by atoms with van der Waals surface area (Å²) in [6.45, 7) is 1.66. The summed E-state index contributed by atoms with van der Waals surface area (Å²) in [5, 5.41) is 7.83. The number of carboxylic acids is 1. The molecule has 0 saturated heterocycles. The normalized spacial score (nSPS) is 8.14. The number of hydrogen-bond donors (Lipinski definition) is 1. The number of allylic oxidation sites excluding steroid dienone is 1. The van der Waals surface area contributed by atoms with Crippen LogP contribution in [0.5, 0.6) is 0 Å². The second kappa shape index (κ2) is 6.85. The summed E-state index contributed by atoms with van der Waals surface area (Å²) in [5.74, 6) is -0.891. The van der Waals surface area contributed by atoms with Crippen LogP contribution in [0.4, 0.5) is 0 Å². The Kier molecular flexibility index (Phi) is 10.5. The molecule has 36 valence electrons. The van der Waals surface area contributed by atoms with E-state index in [2.05, 4.69) is 0 Å². The van der Waals surface area contributed by atoms with Gasteiger partial charge in [-0.25, -0.2) is 4.79 Å². The predicted octanol–water partition coefficient (Wildman–Crippen LogP) is -0.00140. The fourth-order valence-electron chi connectivity index (χ4n) is 0.143. The zero-order valence-corrected chi connectivity index (χ0v) is 3.51. The molecule has 7 heavy (non-hydrogen) atoms. The third-order valence-electron chi connectivity index (χ3n) is 0.309. The van der Waals surface area contributed by atoms with E-state index in [9.17, 15) is 4.79 Å². The molecule has 0 aromatic rings. The van der Waals surface area contributed by atoms with Crippen LogP contribution in [-0.4, -0.2) is 62.5 Å². The quantitative estimate of drug-likeness (QED) is 0.396. The molecular formula is C4H7KO2. The van der Waals surface area contributed by atoms with Gasteiger partial charge in [0.2, 0.25) is 0 Å². The van der Waals surface area contributed by atoms with Crippen molar-refractivity contribution in [3.8, 4) is 0 Å². The van der Waals surface area contributed by atoms with E-state index in [-0.39, 0.29) is 51.4 Å². The molecule has 0 aromatic carbocycles. The van der Waals surface area contributed by atoms with Gasteiger partial charge < -0.3 is 5.11 Å². The SMILES string of the molecule is C/C=C/C(=O)O.[KH]. The van der Waals surface area contributed by atoms with Gasteiger partial charge in [0.15, 0.2) is 0 Å². The minimum absolute atomic E-state index is 0. The van der Waals surface area contributed by atoms with Crippen molar-refractivity contribution in [2.45, 2.75) is 6.92 Å². The van der Waals surface area contributed by atoms with Gasteiger partial charge in [0.25, 0.3) is 0 Å². The second-order valence-electron chi connectivity index (χ2n) is 0.838. The van der Waals surface area contributed by atoms with Crippen LogP contribution in [-0.2, 0) is 4.79 Å². The summed E-state index contributed by atoms with van der Waals surface area (Å²) in [7, 11) is 0. The van der Waals surface area contributed by atoms with E-state index in [1.54, 1.807) is 6.92 Å². The van der Waals surface area contributed by atoms with E-state index in [0.29, 0.717) is 0 Å². The Balaban J connectivity index is 0. The molecule has 0 radical (unpaired) electrons. The fourth-order valence-corrected chi connectivity index (χ4v) is 0.143. The Labute approximate surface area is 85.0 Å². The van der Waals surface area contributed by atoms with Gasteiger partial charge in [-0.15, -0.1) is 0 Å². The molecular weight excluding hydrogens is 119 g/mol. The molecule has 0 aromatic heterocycles. The molecule has 0 aliphatic rings. The summed E-state index contributed by atoms with van der Waals surface area (Å²) < 4.78 is 0. The van der Waals surface area contributed by atoms with Gasteiger partial charge in [-0.2, -0.15) is 0 Å². The monoisotopic (exact) mass is 126 g/mol. The molecule has 0 heterocycles. The number of carbonyl (C=O) groups is 1. The topological polar surface area (TPSA) is 37.3 Å². The molecule has 0 amide bonds. The Morgan fingerprint density at radius 1 is 1.71 bits per heavy atom. The molecule has 0 aliphatic heterocycles. The van der Waals surface area contributed by atoms with E-state index >= 15 is 0 Å². The summed E-state index contributed by atoms with van der Waals surface area (Å²) in [6.07, 6.45) is 2.56. The summed E-state index contributed by atoms with van der Waals surface area (Å²) in [6, 6.07) is 0. The van der Waals surface area contributed by atoms with Crippen LogP contribution in [0.25, 0.3) is 0 Å². The predicted molar refractivity (Wildman–Crippen MR) is 29.6 cm³/mol. The molecule has 0 rings (SSSR count). The van der Waals surface area contributed by atoms with E-state index < -0.39 is 5.97 Å². The van der Waals surface area contributed by atoms with E-state index in [1.807, 2.05) is 0 Å². The van der Waals surface area contributed by atoms with Crippen molar-refractivity contribution in [2.75, 3.05) is 0 Å².